The van der Waals surface area contributed by atoms with Crippen molar-refractivity contribution in [3.05, 3.63) is 23.8 Å². The van der Waals surface area contributed by atoms with Gasteiger partial charge in [0.2, 0.25) is 0 Å². The number of ether oxygens (including phenoxy) is 2. The zero-order valence-corrected chi connectivity index (χ0v) is 16.1. The third-order valence-electron chi connectivity index (χ3n) is 6.05. The molecule has 0 saturated heterocycles. The van der Waals surface area contributed by atoms with Crippen molar-refractivity contribution in [1.82, 2.24) is 0 Å². The molecule has 0 bridgehead atoms. The summed E-state index contributed by atoms with van der Waals surface area (Å²) in [5.41, 5.74) is 1.19. The van der Waals surface area contributed by atoms with Gasteiger partial charge in [-0.2, -0.15) is 0 Å². The average Bonchev–Trinajstić information content (AvgIpc) is 2.53. The number of benzene rings is 1. The first-order valence-electron chi connectivity index (χ1n) is 9.06. The van der Waals surface area contributed by atoms with Crippen molar-refractivity contribution in [3.63, 3.8) is 0 Å². The van der Waals surface area contributed by atoms with E-state index in [0.29, 0.717) is 24.5 Å². The molecule has 0 amide bonds. The second-order valence-electron chi connectivity index (χ2n) is 7.85. The molecule has 1 fully saturated rings. The third kappa shape index (κ3) is 3.05. The lowest BCUT2D eigenvalue weighted by Gasteiger charge is -2.54. The van der Waals surface area contributed by atoms with Crippen LogP contribution >= 0.6 is 0 Å². The number of methoxy groups -OCH3 is 2. The fourth-order valence-corrected chi connectivity index (χ4v) is 4.88. The summed E-state index contributed by atoms with van der Waals surface area (Å²) in [5, 5.41) is 0. The van der Waals surface area contributed by atoms with Gasteiger partial charge in [-0.05, 0) is 35.4 Å². The van der Waals surface area contributed by atoms with E-state index < -0.39 is 0 Å². The van der Waals surface area contributed by atoms with Crippen LogP contribution in [0.1, 0.15) is 65.4 Å². The number of rotatable bonds is 6. The summed E-state index contributed by atoms with van der Waals surface area (Å²) in [6.45, 7) is 8.99. The maximum absolute atomic E-state index is 12.3. The molecule has 2 atom stereocenters. The van der Waals surface area contributed by atoms with Crippen LogP contribution in [0.4, 0.5) is 0 Å². The van der Waals surface area contributed by atoms with E-state index in [9.17, 15) is 4.79 Å². The Morgan fingerprint density at radius 2 is 1.83 bits per heavy atom. The molecule has 2 rings (SSSR count). The smallest absolute Gasteiger partial charge is 0.161 e. The van der Waals surface area contributed by atoms with E-state index in [-0.39, 0.29) is 10.8 Å². The molecule has 0 aliphatic heterocycles. The van der Waals surface area contributed by atoms with Crippen LogP contribution < -0.4 is 9.47 Å². The first-order chi connectivity index (χ1) is 11.3. The summed E-state index contributed by atoms with van der Waals surface area (Å²) in [7, 11) is 3.34. The minimum atomic E-state index is -0.0729. The SMILES string of the molecule is CCCCC1(c2ccc(OC)c(OC)c2)C(C)CC(=O)CC1(C)C. The van der Waals surface area contributed by atoms with Crippen molar-refractivity contribution in [1.29, 1.82) is 0 Å². The van der Waals surface area contributed by atoms with Crippen molar-refractivity contribution in [2.45, 2.75) is 65.2 Å². The van der Waals surface area contributed by atoms with Gasteiger partial charge >= 0.3 is 0 Å². The maximum atomic E-state index is 12.3. The van der Waals surface area contributed by atoms with Crippen molar-refractivity contribution < 1.29 is 14.3 Å². The third-order valence-corrected chi connectivity index (χ3v) is 6.05. The fourth-order valence-electron chi connectivity index (χ4n) is 4.88. The molecular formula is C21H32O3. The van der Waals surface area contributed by atoms with E-state index in [1.165, 1.54) is 5.56 Å². The van der Waals surface area contributed by atoms with Gasteiger partial charge < -0.3 is 9.47 Å². The molecule has 134 valence electrons. The molecular weight excluding hydrogens is 300 g/mol. The number of unbranched alkanes of at least 4 members (excludes halogenated alkanes) is 1. The molecule has 0 spiro atoms. The zero-order chi connectivity index (χ0) is 18.0. The first-order valence-corrected chi connectivity index (χ1v) is 9.06. The molecule has 1 saturated carbocycles. The van der Waals surface area contributed by atoms with Crippen molar-refractivity contribution in [2.75, 3.05) is 14.2 Å². The van der Waals surface area contributed by atoms with Crippen LogP contribution in [-0.2, 0) is 10.2 Å². The fraction of sp³-hybridized carbons (Fsp3) is 0.667. The monoisotopic (exact) mass is 332 g/mol. The summed E-state index contributed by atoms with van der Waals surface area (Å²) >= 11 is 0. The molecule has 3 heteroatoms. The lowest BCUT2D eigenvalue weighted by Crippen LogP contribution is -2.52. The average molecular weight is 332 g/mol. The molecule has 0 heterocycles. The highest BCUT2D eigenvalue weighted by molar-refractivity contribution is 5.81. The molecule has 1 aromatic rings. The van der Waals surface area contributed by atoms with Crippen LogP contribution in [0.5, 0.6) is 11.5 Å². The van der Waals surface area contributed by atoms with Gasteiger partial charge in [0.1, 0.15) is 5.78 Å². The van der Waals surface area contributed by atoms with Crippen molar-refractivity contribution in [2.24, 2.45) is 11.3 Å². The Hall–Kier alpha value is -1.51. The number of carbonyl (C=O) groups is 1. The minimum absolute atomic E-state index is 0.0174. The largest absolute Gasteiger partial charge is 0.493 e. The van der Waals surface area contributed by atoms with E-state index in [1.54, 1.807) is 14.2 Å². The van der Waals surface area contributed by atoms with Gasteiger partial charge in [0.05, 0.1) is 14.2 Å². The van der Waals surface area contributed by atoms with E-state index in [4.69, 9.17) is 9.47 Å². The van der Waals surface area contributed by atoms with E-state index >= 15 is 0 Å². The lowest BCUT2D eigenvalue weighted by molar-refractivity contribution is -0.129. The second-order valence-corrected chi connectivity index (χ2v) is 7.85. The van der Waals surface area contributed by atoms with Gasteiger partial charge in [0.15, 0.2) is 11.5 Å². The number of ketones is 1. The van der Waals surface area contributed by atoms with Gasteiger partial charge in [-0.15, -0.1) is 0 Å². The van der Waals surface area contributed by atoms with E-state index in [1.807, 2.05) is 6.07 Å². The van der Waals surface area contributed by atoms with Gasteiger partial charge in [-0.1, -0.05) is 46.6 Å². The van der Waals surface area contributed by atoms with Crippen LogP contribution in [0.15, 0.2) is 18.2 Å². The molecule has 3 nitrogen and oxygen atoms in total. The van der Waals surface area contributed by atoms with Gasteiger partial charge in [0, 0.05) is 18.3 Å². The van der Waals surface area contributed by atoms with Crippen LogP contribution in [-0.4, -0.2) is 20.0 Å². The number of Topliss-reactive ketones (excluding diaryl/α,β-unsaturated/α-hetero) is 1. The predicted octanol–water partition coefficient (Wildman–Crippen LogP) is 5.16. The predicted molar refractivity (Wildman–Crippen MR) is 97.9 cm³/mol. The Morgan fingerprint density at radius 1 is 1.17 bits per heavy atom. The highest BCUT2D eigenvalue weighted by atomic mass is 16.5. The molecule has 2 unspecified atom stereocenters. The van der Waals surface area contributed by atoms with Crippen molar-refractivity contribution >= 4 is 5.78 Å². The van der Waals surface area contributed by atoms with E-state index in [0.717, 1.165) is 30.8 Å². The summed E-state index contributed by atoms with van der Waals surface area (Å²) in [5.74, 6) is 2.23. The topological polar surface area (TPSA) is 35.5 Å². The Balaban J connectivity index is 2.61. The number of hydrogen-bond acceptors (Lipinski definition) is 3. The minimum Gasteiger partial charge on any atom is -0.493 e. The molecule has 24 heavy (non-hydrogen) atoms. The van der Waals surface area contributed by atoms with Gasteiger partial charge in [-0.3, -0.25) is 4.79 Å². The lowest BCUT2D eigenvalue weighted by atomic mass is 9.49. The quantitative estimate of drug-likeness (QED) is 0.722. The molecule has 0 aromatic heterocycles. The van der Waals surface area contributed by atoms with Gasteiger partial charge in [0.25, 0.3) is 0 Å². The summed E-state index contributed by atoms with van der Waals surface area (Å²) in [6, 6.07) is 6.30. The highest BCUT2D eigenvalue weighted by Crippen LogP contribution is 2.57. The zero-order valence-electron chi connectivity index (χ0n) is 16.1. The Kier molecular flexibility index (Phi) is 5.62. The number of hydrogen-bond donors (Lipinski definition) is 0. The standard InChI is InChI=1S/C21H32O3/c1-7-8-11-21(15(2)12-17(22)14-20(21,3)4)16-9-10-18(23-5)19(13-16)24-6/h9-10,13,15H,7-8,11-12,14H2,1-6H3. The Bertz CT molecular complexity index is 591. The summed E-state index contributed by atoms with van der Waals surface area (Å²) in [4.78, 5) is 12.3. The van der Waals surface area contributed by atoms with Crippen LogP contribution in [0.25, 0.3) is 0 Å². The van der Waals surface area contributed by atoms with Crippen molar-refractivity contribution in [3.8, 4) is 11.5 Å². The second kappa shape index (κ2) is 7.16. The van der Waals surface area contributed by atoms with Gasteiger partial charge in [-0.25, -0.2) is 0 Å². The molecule has 1 aromatic carbocycles. The maximum Gasteiger partial charge on any atom is 0.161 e. The normalized spacial score (nSPS) is 26.2. The number of carbonyl (C=O) groups excluding carboxylic acids is 1. The summed E-state index contributed by atoms with van der Waals surface area (Å²) < 4.78 is 11.0. The first kappa shape index (κ1) is 18.8. The Morgan fingerprint density at radius 3 is 2.38 bits per heavy atom. The molecule has 1 aliphatic rings. The Labute approximate surface area is 146 Å². The van der Waals surface area contributed by atoms with Crippen LogP contribution in [0.2, 0.25) is 0 Å². The molecule has 1 aliphatic carbocycles. The van der Waals surface area contributed by atoms with Crippen LogP contribution in [0.3, 0.4) is 0 Å². The van der Waals surface area contributed by atoms with E-state index in [2.05, 4.69) is 39.8 Å². The van der Waals surface area contributed by atoms with Crippen LogP contribution in [0, 0.1) is 11.3 Å². The highest BCUT2D eigenvalue weighted by Gasteiger charge is 2.53. The molecule has 0 radical (unpaired) electrons. The molecule has 0 N–H and O–H groups in total. The summed E-state index contributed by atoms with van der Waals surface area (Å²) in [6.07, 6.45) is 4.74.